The van der Waals surface area contributed by atoms with Crippen molar-refractivity contribution >= 4 is 33.3 Å². The number of rotatable bonds is 5. The Bertz CT molecular complexity index is 1060. The van der Waals surface area contributed by atoms with Gasteiger partial charge < -0.3 is 4.42 Å². The van der Waals surface area contributed by atoms with Gasteiger partial charge in [0.1, 0.15) is 21.9 Å². The van der Waals surface area contributed by atoms with Crippen molar-refractivity contribution in [3.05, 3.63) is 48.0 Å². The molecule has 0 atom stereocenters. The number of furan rings is 1. The molecule has 4 rings (SSSR count). The number of hydrogen-bond acceptors (Lipinski definition) is 7. The van der Waals surface area contributed by atoms with Crippen LogP contribution in [0.4, 0.5) is 0 Å². The van der Waals surface area contributed by atoms with Gasteiger partial charge in [0.15, 0.2) is 11.0 Å². The topological polar surface area (TPSA) is 69.6 Å². The predicted octanol–water partition coefficient (Wildman–Crippen LogP) is 4.50. The summed E-state index contributed by atoms with van der Waals surface area (Å²) in [6, 6.07) is 4.01. The van der Waals surface area contributed by atoms with E-state index in [1.54, 1.807) is 23.9 Å². The number of hydrogen-bond donors (Lipinski definition) is 0. The number of aryl methyl sites for hydroxylation is 2. The molecule has 0 aliphatic carbocycles. The molecule has 0 aromatic carbocycles. The maximum Gasteiger partial charge on any atom is 0.198 e. The van der Waals surface area contributed by atoms with Crippen molar-refractivity contribution in [2.24, 2.45) is 0 Å². The van der Waals surface area contributed by atoms with Crippen LogP contribution in [0.15, 0.2) is 52.0 Å². The van der Waals surface area contributed by atoms with E-state index in [0.29, 0.717) is 6.54 Å². The Hall–Kier alpha value is -2.45. The van der Waals surface area contributed by atoms with Gasteiger partial charge in [-0.05, 0) is 37.7 Å². The number of nitrogens with zero attached hydrogens (tertiary/aromatic N) is 5. The Kier molecular flexibility index (Phi) is 4.14. The molecule has 0 unspecified atom stereocenters. The molecule has 4 aromatic heterocycles. The molecule has 0 saturated heterocycles. The van der Waals surface area contributed by atoms with Gasteiger partial charge >= 0.3 is 0 Å². The Morgan fingerprint density at radius 2 is 2.20 bits per heavy atom. The summed E-state index contributed by atoms with van der Waals surface area (Å²) in [7, 11) is 0. The van der Waals surface area contributed by atoms with Gasteiger partial charge in [0.2, 0.25) is 0 Å². The first kappa shape index (κ1) is 16.0. The van der Waals surface area contributed by atoms with E-state index in [-0.39, 0.29) is 0 Å². The predicted molar refractivity (Wildman–Crippen MR) is 98.9 cm³/mol. The van der Waals surface area contributed by atoms with Gasteiger partial charge in [-0.2, -0.15) is 0 Å². The van der Waals surface area contributed by atoms with Crippen molar-refractivity contribution < 1.29 is 4.42 Å². The molecule has 0 bridgehead atoms. The molecule has 4 aromatic rings. The van der Waals surface area contributed by atoms with Gasteiger partial charge in [-0.25, -0.2) is 9.97 Å². The first-order valence-electron chi connectivity index (χ1n) is 7.65. The number of allylic oxidation sites excluding steroid dienone is 1. The first-order chi connectivity index (χ1) is 12.2. The SMILES string of the molecule is C=CCn1c(Sc2ncnc3sc(C)cc23)nnc1-c1ccoc1C. The molecule has 25 heavy (non-hydrogen) atoms. The molecule has 0 saturated carbocycles. The maximum atomic E-state index is 5.41. The Morgan fingerprint density at radius 1 is 1.32 bits per heavy atom. The number of aromatic nitrogens is 5. The fourth-order valence-corrected chi connectivity index (χ4v) is 4.40. The van der Waals surface area contributed by atoms with Gasteiger partial charge in [-0.1, -0.05) is 6.08 Å². The zero-order valence-electron chi connectivity index (χ0n) is 13.8. The summed E-state index contributed by atoms with van der Waals surface area (Å²) in [5.41, 5.74) is 0.931. The largest absolute Gasteiger partial charge is 0.469 e. The first-order valence-corrected chi connectivity index (χ1v) is 9.28. The Morgan fingerprint density at radius 3 is 2.96 bits per heavy atom. The number of thiophene rings is 1. The van der Waals surface area contributed by atoms with E-state index in [4.69, 9.17) is 4.42 Å². The molecule has 4 heterocycles. The minimum absolute atomic E-state index is 0.603. The summed E-state index contributed by atoms with van der Waals surface area (Å²) in [6.45, 7) is 8.44. The molecule has 0 amide bonds. The third-order valence-electron chi connectivity index (χ3n) is 3.73. The lowest BCUT2D eigenvalue weighted by Crippen LogP contribution is -2.01. The van der Waals surface area contributed by atoms with Crippen LogP contribution >= 0.6 is 23.1 Å². The summed E-state index contributed by atoms with van der Waals surface area (Å²) >= 11 is 3.15. The van der Waals surface area contributed by atoms with Crippen LogP contribution in [0.1, 0.15) is 10.6 Å². The third-order valence-corrected chi connectivity index (χ3v) is 5.69. The fraction of sp³-hybridized carbons (Fsp3) is 0.176. The second-order valence-corrected chi connectivity index (χ2v) is 7.64. The van der Waals surface area contributed by atoms with Crippen molar-refractivity contribution in [2.45, 2.75) is 30.6 Å². The van der Waals surface area contributed by atoms with Crippen LogP contribution in [-0.4, -0.2) is 24.7 Å². The monoisotopic (exact) mass is 369 g/mol. The second kappa shape index (κ2) is 6.45. The zero-order chi connectivity index (χ0) is 17.4. The van der Waals surface area contributed by atoms with Gasteiger partial charge in [0.05, 0.1) is 11.8 Å². The highest BCUT2D eigenvalue weighted by Crippen LogP contribution is 2.35. The molecule has 6 nitrogen and oxygen atoms in total. The van der Waals surface area contributed by atoms with E-state index in [0.717, 1.165) is 37.5 Å². The smallest absolute Gasteiger partial charge is 0.198 e. The van der Waals surface area contributed by atoms with Crippen molar-refractivity contribution in [2.75, 3.05) is 0 Å². The molecular formula is C17H15N5OS2. The maximum absolute atomic E-state index is 5.41. The van der Waals surface area contributed by atoms with Crippen LogP contribution in [0.2, 0.25) is 0 Å². The van der Waals surface area contributed by atoms with Crippen LogP contribution < -0.4 is 0 Å². The summed E-state index contributed by atoms with van der Waals surface area (Å²) in [4.78, 5) is 11.0. The molecule has 0 radical (unpaired) electrons. The summed E-state index contributed by atoms with van der Waals surface area (Å²) in [5.74, 6) is 1.58. The third kappa shape index (κ3) is 2.87. The van der Waals surface area contributed by atoms with E-state index in [2.05, 4.69) is 39.7 Å². The average Bonchev–Trinajstić information content (AvgIpc) is 3.27. The summed E-state index contributed by atoms with van der Waals surface area (Å²) in [6.07, 6.45) is 5.08. The van der Waals surface area contributed by atoms with Crippen molar-refractivity contribution in [3.63, 3.8) is 0 Å². The normalized spacial score (nSPS) is 11.3. The standard InChI is InChI=1S/C17H15N5OS2/c1-4-6-22-14(12-5-7-23-11(12)3)20-21-17(22)25-16-13-8-10(2)24-15(13)18-9-19-16/h4-5,7-9H,1,6H2,2-3H3. The Labute approximate surface area is 152 Å². The molecule has 0 spiro atoms. The minimum Gasteiger partial charge on any atom is -0.469 e. The molecule has 0 N–H and O–H groups in total. The molecule has 0 aliphatic heterocycles. The highest BCUT2D eigenvalue weighted by Gasteiger charge is 2.19. The lowest BCUT2D eigenvalue weighted by Gasteiger charge is -2.07. The van der Waals surface area contributed by atoms with E-state index >= 15 is 0 Å². The van der Waals surface area contributed by atoms with E-state index in [1.807, 2.05) is 23.6 Å². The molecular weight excluding hydrogens is 354 g/mol. The lowest BCUT2D eigenvalue weighted by molar-refractivity contribution is 0.534. The fourth-order valence-electron chi connectivity index (χ4n) is 2.60. The van der Waals surface area contributed by atoms with Crippen LogP contribution in [0, 0.1) is 13.8 Å². The van der Waals surface area contributed by atoms with Crippen LogP contribution in [0.5, 0.6) is 0 Å². The quantitative estimate of drug-likeness (QED) is 0.381. The van der Waals surface area contributed by atoms with Crippen molar-refractivity contribution in [1.29, 1.82) is 0 Å². The van der Waals surface area contributed by atoms with Gasteiger partial charge in [-0.3, -0.25) is 4.57 Å². The summed E-state index contributed by atoms with van der Waals surface area (Å²) < 4.78 is 7.42. The van der Waals surface area contributed by atoms with Crippen molar-refractivity contribution in [1.82, 2.24) is 24.7 Å². The van der Waals surface area contributed by atoms with E-state index in [1.165, 1.54) is 16.6 Å². The van der Waals surface area contributed by atoms with Gasteiger partial charge in [-0.15, -0.1) is 28.1 Å². The molecule has 0 aliphatic rings. The number of fused-ring (bicyclic) bond motifs is 1. The second-order valence-electron chi connectivity index (χ2n) is 5.45. The summed E-state index contributed by atoms with van der Waals surface area (Å²) in [5, 5.41) is 11.4. The highest BCUT2D eigenvalue weighted by molar-refractivity contribution is 7.99. The zero-order valence-corrected chi connectivity index (χ0v) is 15.4. The average molecular weight is 369 g/mol. The molecule has 126 valence electrons. The van der Waals surface area contributed by atoms with E-state index < -0.39 is 0 Å². The van der Waals surface area contributed by atoms with Crippen LogP contribution in [-0.2, 0) is 6.54 Å². The Balaban J connectivity index is 1.79. The van der Waals surface area contributed by atoms with Gasteiger partial charge in [0.25, 0.3) is 0 Å². The minimum atomic E-state index is 0.603. The molecule has 8 heteroatoms. The van der Waals surface area contributed by atoms with Crippen LogP contribution in [0.3, 0.4) is 0 Å². The van der Waals surface area contributed by atoms with Crippen molar-refractivity contribution in [3.8, 4) is 11.4 Å². The highest BCUT2D eigenvalue weighted by atomic mass is 32.2. The lowest BCUT2D eigenvalue weighted by atomic mass is 10.2. The molecule has 0 fully saturated rings. The van der Waals surface area contributed by atoms with Crippen LogP contribution in [0.25, 0.3) is 21.6 Å². The van der Waals surface area contributed by atoms with Gasteiger partial charge in [0, 0.05) is 16.8 Å². The van der Waals surface area contributed by atoms with E-state index in [9.17, 15) is 0 Å².